The van der Waals surface area contributed by atoms with Gasteiger partial charge in [0.2, 0.25) is 0 Å². The molecule has 0 aliphatic carbocycles. The lowest BCUT2D eigenvalue weighted by Crippen LogP contribution is -1.87. The molecule has 0 fully saturated rings. The molecule has 174 valence electrons. The standard InChI is InChI=1S/C25H18.4C2H6/c1-17-13-15-18(16-14-17)19-11-6-12-24-22-8-3-2-7-20(22)21-9-4-5-10-23(21)25(19)24;4*1-2/h2-16H,1H3;4*1-2H3. The zero-order valence-electron chi connectivity index (χ0n) is 22.2. The van der Waals surface area contributed by atoms with Crippen molar-refractivity contribution in [1.82, 2.24) is 0 Å². The Morgan fingerprint density at radius 2 is 0.727 bits per heavy atom. The van der Waals surface area contributed by atoms with E-state index in [9.17, 15) is 0 Å². The Labute approximate surface area is 202 Å². The highest BCUT2D eigenvalue weighted by Crippen LogP contribution is 2.39. The van der Waals surface area contributed by atoms with E-state index in [4.69, 9.17) is 0 Å². The van der Waals surface area contributed by atoms with Crippen molar-refractivity contribution in [2.45, 2.75) is 62.3 Å². The highest BCUT2D eigenvalue weighted by Gasteiger charge is 2.12. The van der Waals surface area contributed by atoms with Crippen molar-refractivity contribution in [1.29, 1.82) is 0 Å². The van der Waals surface area contributed by atoms with Gasteiger partial charge >= 0.3 is 0 Å². The average Bonchev–Trinajstić information content (AvgIpc) is 2.93. The first-order valence-corrected chi connectivity index (χ1v) is 12.7. The fraction of sp³-hybridized carbons (Fsp3) is 0.273. The Morgan fingerprint density at radius 1 is 0.364 bits per heavy atom. The van der Waals surface area contributed by atoms with E-state index in [1.807, 2.05) is 55.4 Å². The van der Waals surface area contributed by atoms with Crippen LogP contribution in [0.2, 0.25) is 0 Å². The average molecular weight is 439 g/mol. The lowest BCUT2D eigenvalue weighted by Gasteiger charge is -2.14. The maximum absolute atomic E-state index is 2.25. The quantitative estimate of drug-likeness (QED) is 0.228. The van der Waals surface area contributed by atoms with Crippen LogP contribution in [-0.2, 0) is 0 Å². The normalized spacial score (nSPS) is 9.36. The second-order valence-corrected chi connectivity index (χ2v) is 6.69. The molecule has 0 heterocycles. The van der Waals surface area contributed by atoms with Crippen LogP contribution in [0, 0.1) is 6.92 Å². The summed E-state index contributed by atoms with van der Waals surface area (Å²) in [7, 11) is 0. The molecular formula is C33H42. The molecule has 0 spiro atoms. The van der Waals surface area contributed by atoms with E-state index in [0.29, 0.717) is 0 Å². The summed E-state index contributed by atoms with van der Waals surface area (Å²) in [6, 6.07) is 33.0. The van der Waals surface area contributed by atoms with Crippen LogP contribution in [0.3, 0.4) is 0 Å². The van der Waals surface area contributed by atoms with Crippen LogP contribution in [0.1, 0.15) is 61.0 Å². The van der Waals surface area contributed by atoms with Crippen LogP contribution in [0.4, 0.5) is 0 Å². The number of benzene rings is 5. The number of fused-ring (bicyclic) bond motifs is 6. The van der Waals surface area contributed by atoms with Gasteiger partial charge in [-0.3, -0.25) is 0 Å². The van der Waals surface area contributed by atoms with Gasteiger partial charge in [-0.1, -0.05) is 152 Å². The third kappa shape index (κ3) is 6.02. The molecule has 0 nitrogen and oxygen atoms in total. The van der Waals surface area contributed by atoms with Crippen LogP contribution >= 0.6 is 0 Å². The Hall–Kier alpha value is -3.12. The van der Waals surface area contributed by atoms with Gasteiger partial charge in [0.15, 0.2) is 0 Å². The van der Waals surface area contributed by atoms with Crippen LogP contribution in [0.15, 0.2) is 91.0 Å². The van der Waals surface area contributed by atoms with Gasteiger partial charge in [0.25, 0.3) is 0 Å². The van der Waals surface area contributed by atoms with Gasteiger partial charge in [-0.15, -0.1) is 0 Å². The minimum absolute atomic E-state index is 1.27. The van der Waals surface area contributed by atoms with E-state index < -0.39 is 0 Å². The van der Waals surface area contributed by atoms with Crippen molar-refractivity contribution in [3.63, 3.8) is 0 Å². The van der Waals surface area contributed by atoms with Crippen LogP contribution in [-0.4, -0.2) is 0 Å². The maximum atomic E-state index is 2.25. The summed E-state index contributed by atoms with van der Waals surface area (Å²) in [4.78, 5) is 0. The zero-order chi connectivity index (χ0) is 24.8. The Bertz CT molecular complexity index is 1180. The topological polar surface area (TPSA) is 0 Å². The molecule has 33 heavy (non-hydrogen) atoms. The number of hydrogen-bond donors (Lipinski definition) is 0. The highest BCUT2D eigenvalue weighted by atomic mass is 14.1. The van der Waals surface area contributed by atoms with Crippen molar-refractivity contribution in [3.05, 3.63) is 96.6 Å². The third-order valence-corrected chi connectivity index (χ3v) is 5.13. The highest BCUT2D eigenvalue weighted by molar-refractivity contribution is 6.28. The van der Waals surface area contributed by atoms with Gasteiger partial charge in [-0.25, -0.2) is 0 Å². The molecule has 0 aromatic heterocycles. The smallest absolute Gasteiger partial charge is 0.00204 e. The van der Waals surface area contributed by atoms with Crippen molar-refractivity contribution in [2.75, 3.05) is 0 Å². The van der Waals surface area contributed by atoms with Crippen molar-refractivity contribution in [3.8, 4) is 11.1 Å². The van der Waals surface area contributed by atoms with Gasteiger partial charge in [0.1, 0.15) is 0 Å². The van der Waals surface area contributed by atoms with E-state index in [0.717, 1.165) is 0 Å². The molecule has 0 bridgehead atoms. The third-order valence-electron chi connectivity index (χ3n) is 5.13. The SMILES string of the molecule is CC.CC.CC.CC.Cc1ccc(-c2cccc3c4ccccc4c4ccccc4c23)cc1. The monoisotopic (exact) mass is 438 g/mol. The number of hydrogen-bond acceptors (Lipinski definition) is 0. The van der Waals surface area contributed by atoms with Crippen molar-refractivity contribution >= 4 is 32.3 Å². The van der Waals surface area contributed by atoms with Crippen LogP contribution in [0.25, 0.3) is 43.4 Å². The largest absolute Gasteiger partial charge is 0.0683 e. The van der Waals surface area contributed by atoms with Gasteiger partial charge in [-0.2, -0.15) is 0 Å². The molecule has 0 unspecified atom stereocenters. The molecule has 0 aliphatic rings. The molecule has 0 aliphatic heterocycles. The molecular weight excluding hydrogens is 396 g/mol. The van der Waals surface area contributed by atoms with Crippen LogP contribution < -0.4 is 0 Å². The lowest BCUT2D eigenvalue weighted by molar-refractivity contribution is 1.47. The predicted molar refractivity (Wildman–Crippen MR) is 155 cm³/mol. The molecule has 0 amide bonds. The molecule has 0 atom stereocenters. The van der Waals surface area contributed by atoms with Gasteiger partial charge in [0.05, 0.1) is 0 Å². The van der Waals surface area contributed by atoms with Crippen molar-refractivity contribution < 1.29 is 0 Å². The molecule has 0 radical (unpaired) electrons. The number of aryl methyl sites for hydroxylation is 1. The molecule has 0 saturated heterocycles. The van der Waals surface area contributed by atoms with Crippen LogP contribution in [0.5, 0.6) is 0 Å². The second kappa shape index (κ2) is 14.9. The fourth-order valence-electron chi connectivity index (χ4n) is 3.93. The molecule has 0 N–H and O–H groups in total. The maximum Gasteiger partial charge on any atom is -0.00204 e. The first-order chi connectivity index (χ1) is 16.3. The van der Waals surface area contributed by atoms with E-state index in [-0.39, 0.29) is 0 Å². The van der Waals surface area contributed by atoms with Gasteiger partial charge in [-0.05, 0) is 50.4 Å². The summed E-state index contributed by atoms with van der Waals surface area (Å²) in [5, 5.41) is 7.97. The number of rotatable bonds is 1. The van der Waals surface area contributed by atoms with Gasteiger partial charge in [0, 0.05) is 0 Å². The Morgan fingerprint density at radius 3 is 1.18 bits per heavy atom. The summed E-state index contributed by atoms with van der Waals surface area (Å²) in [5.74, 6) is 0. The first-order valence-electron chi connectivity index (χ1n) is 12.7. The summed E-state index contributed by atoms with van der Waals surface area (Å²) in [6.45, 7) is 18.1. The Kier molecular flexibility index (Phi) is 12.6. The summed E-state index contributed by atoms with van der Waals surface area (Å²) < 4.78 is 0. The molecule has 5 aromatic rings. The van der Waals surface area contributed by atoms with E-state index in [1.165, 1.54) is 49.0 Å². The van der Waals surface area contributed by atoms with E-state index in [2.05, 4.69) is 97.9 Å². The Balaban J connectivity index is 0.000000619. The van der Waals surface area contributed by atoms with E-state index >= 15 is 0 Å². The van der Waals surface area contributed by atoms with Crippen molar-refractivity contribution in [2.24, 2.45) is 0 Å². The molecule has 5 rings (SSSR count). The second-order valence-electron chi connectivity index (χ2n) is 6.69. The molecule has 0 heteroatoms. The summed E-state index contributed by atoms with van der Waals surface area (Å²) in [5.41, 5.74) is 3.87. The first kappa shape index (κ1) is 27.9. The van der Waals surface area contributed by atoms with E-state index in [1.54, 1.807) is 0 Å². The minimum atomic E-state index is 1.27. The fourth-order valence-corrected chi connectivity index (χ4v) is 3.93. The minimum Gasteiger partial charge on any atom is -0.0683 e. The molecule has 0 saturated carbocycles. The molecule has 5 aromatic carbocycles. The lowest BCUT2D eigenvalue weighted by atomic mass is 9.89. The predicted octanol–water partition coefficient (Wildman–Crippen LogP) is 11.2. The van der Waals surface area contributed by atoms with Gasteiger partial charge < -0.3 is 0 Å². The summed E-state index contributed by atoms with van der Waals surface area (Å²) in [6.07, 6.45) is 0. The summed E-state index contributed by atoms with van der Waals surface area (Å²) >= 11 is 0. The zero-order valence-corrected chi connectivity index (χ0v) is 22.2.